The Bertz CT molecular complexity index is 292. The van der Waals surface area contributed by atoms with Crippen molar-refractivity contribution >= 4 is 11.9 Å². The molecular weight excluding hydrogens is 194 g/mol. The van der Waals surface area contributed by atoms with Crippen LogP contribution in [0, 0.1) is 0 Å². The van der Waals surface area contributed by atoms with Crippen molar-refractivity contribution in [1.82, 2.24) is 0 Å². The number of rotatable bonds is 2. The first kappa shape index (κ1) is 13.4. The van der Waals surface area contributed by atoms with Gasteiger partial charge in [-0.3, -0.25) is 0 Å². The van der Waals surface area contributed by atoms with Crippen molar-refractivity contribution in [3.63, 3.8) is 0 Å². The van der Waals surface area contributed by atoms with Crippen molar-refractivity contribution in [1.29, 1.82) is 0 Å². The average Bonchev–Trinajstić information content (AvgIpc) is 2.70. The first-order chi connectivity index (χ1) is 6.99. The smallest absolute Gasteiger partial charge is 0.332 e. The van der Waals surface area contributed by atoms with Gasteiger partial charge in [-0.1, -0.05) is 13.2 Å². The lowest BCUT2D eigenvalue weighted by Crippen LogP contribution is -1.98. The second kappa shape index (κ2) is 6.81. The van der Waals surface area contributed by atoms with E-state index >= 15 is 0 Å². The number of aliphatic imine (C=N–C) groups is 1. The fourth-order valence-electron chi connectivity index (χ4n) is 0.768. The van der Waals surface area contributed by atoms with Gasteiger partial charge in [0.1, 0.15) is 6.61 Å². The second-order valence-corrected chi connectivity index (χ2v) is 3.09. The molecule has 0 spiro atoms. The molecule has 1 aliphatic rings. The molecule has 0 aromatic heterocycles. The molecule has 0 amide bonds. The normalized spacial score (nSPS) is 12.9. The van der Waals surface area contributed by atoms with E-state index in [0.717, 1.165) is 24.6 Å². The number of esters is 1. The van der Waals surface area contributed by atoms with Gasteiger partial charge in [-0.25, -0.2) is 9.79 Å². The van der Waals surface area contributed by atoms with Gasteiger partial charge in [0.2, 0.25) is 5.90 Å². The number of carbonyl (C=O) groups excluding carboxylic acids is 1. The van der Waals surface area contributed by atoms with Crippen molar-refractivity contribution in [3.05, 3.63) is 24.3 Å². The topological polar surface area (TPSA) is 47.9 Å². The van der Waals surface area contributed by atoms with E-state index in [1.165, 1.54) is 7.11 Å². The third kappa shape index (κ3) is 5.67. The van der Waals surface area contributed by atoms with Crippen LogP contribution in [0.4, 0.5) is 0 Å². The van der Waals surface area contributed by atoms with Gasteiger partial charge in [0.15, 0.2) is 0 Å². The predicted octanol–water partition coefficient (Wildman–Crippen LogP) is 1.73. The molecule has 0 atom stereocenters. The molecule has 0 fully saturated rings. The summed E-state index contributed by atoms with van der Waals surface area (Å²) in [5.74, 6) is 0.380. The summed E-state index contributed by atoms with van der Waals surface area (Å²) in [6, 6.07) is 0. The van der Waals surface area contributed by atoms with Gasteiger partial charge in [-0.05, 0) is 13.8 Å². The third-order valence-corrected chi connectivity index (χ3v) is 1.48. The summed E-state index contributed by atoms with van der Waals surface area (Å²) in [5, 5.41) is 0. The van der Waals surface area contributed by atoms with Gasteiger partial charge >= 0.3 is 5.97 Å². The number of methoxy groups -OCH3 is 1. The van der Waals surface area contributed by atoms with E-state index in [0.29, 0.717) is 5.57 Å². The van der Waals surface area contributed by atoms with Crippen LogP contribution >= 0.6 is 0 Å². The molecule has 0 bridgehead atoms. The Morgan fingerprint density at radius 2 is 2.07 bits per heavy atom. The largest absolute Gasteiger partial charge is 0.476 e. The second-order valence-electron chi connectivity index (χ2n) is 3.09. The molecule has 0 unspecified atom stereocenters. The minimum absolute atomic E-state index is 0.347. The number of carbonyl (C=O) groups is 1. The van der Waals surface area contributed by atoms with Crippen LogP contribution in [0.3, 0.4) is 0 Å². The van der Waals surface area contributed by atoms with Crippen molar-refractivity contribution < 1.29 is 14.3 Å². The Morgan fingerprint density at radius 1 is 1.47 bits per heavy atom. The molecule has 84 valence electrons. The summed E-state index contributed by atoms with van der Waals surface area (Å²) in [7, 11) is 1.33. The lowest BCUT2D eigenvalue weighted by atomic mass is 10.4. The van der Waals surface area contributed by atoms with E-state index in [2.05, 4.69) is 22.9 Å². The van der Waals surface area contributed by atoms with Crippen LogP contribution in [-0.4, -0.2) is 32.1 Å². The first-order valence-electron chi connectivity index (χ1n) is 4.56. The fourth-order valence-corrected chi connectivity index (χ4v) is 0.768. The van der Waals surface area contributed by atoms with Gasteiger partial charge in [-0.15, -0.1) is 0 Å². The summed E-state index contributed by atoms with van der Waals surface area (Å²) in [6.07, 6.45) is 0. The quantitative estimate of drug-likeness (QED) is 0.516. The van der Waals surface area contributed by atoms with Crippen molar-refractivity contribution in [3.8, 4) is 0 Å². The van der Waals surface area contributed by atoms with E-state index in [9.17, 15) is 4.79 Å². The molecule has 4 heteroatoms. The molecule has 4 nitrogen and oxygen atoms in total. The summed E-state index contributed by atoms with van der Waals surface area (Å²) in [6.45, 7) is 12.0. The lowest BCUT2D eigenvalue weighted by Gasteiger charge is -1.95. The van der Waals surface area contributed by atoms with Crippen LogP contribution in [0.5, 0.6) is 0 Å². The molecule has 0 aromatic carbocycles. The lowest BCUT2D eigenvalue weighted by molar-refractivity contribution is -0.136. The first-order valence-corrected chi connectivity index (χ1v) is 4.56. The Hall–Kier alpha value is -1.58. The molecule has 0 aromatic rings. The van der Waals surface area contributed by atoms with Gasteiger partial charge in [0, 0.05) is 11.1 Å². The number of ether oxygens (including phenoxy) is 2. The van der Waals surface area contributed by atoms with Crippen LogP contribution in [0.25, 0.3) is 0 Å². The maximum Gasteiger partial charge on any atom is 0.332 e. The molecule has 0 saturated carbocycles. The van der Waals surface area contributed by atoms with E-state index in [4.69, 9.17) is 4.74 Å². The minimum atomic E-state index is -0.347. The molecule has 0 N–H and O–H groups in total. The van der Waals surface area contributed by atoms with Crippen molar-refractivity contribution in [2.45, 2.75) is 13.8 Å². The molecule has 1 aliphatic heterocycles. The standard InChI is InChI=1S/C6H9NO.C5H8O2/c1-5(2)6-7-3-4-8-6;1-4(2)5(6)7-3/h1,3-4H2,2H3;1H2,2-3H3. The van der Waals surface area contributed by atoms with Gasteiger partial charge in [0.05, 0.1) is 13.7 Å². The van der Waals surface area contributed by atoms with Crippen LogP contribution in [0.1, 0.15) is 13.8 Å². The van der Waals surface area contributed by atoms with Gasteiger partial charge in [-0.2, -0.15) is 0 Å². The molecule has 15 heavy (non-hydrogen) atoms. The molecule has 1 heterocycles. The fraction of sp³-hybridized carbons (Fsp3) is 0.455. The van der Waals surface area contributed by atoms with Crippen LogP contribution in [0.15, 0.2) is 29.3 Å². The number of hydrogen-bond donors (Lipinski definition) is 0. The highest BCUT2D eigenvalue weighted by atomic mass is 16.5. The minimum Gasteiger partial charge on any atom is -0.476 e. The zero-order valence-electron chi connectivity index (χ0n) is 9.50. The number of nitrogens with zero attached hydrogens (tertiary/aromatic N) is 1. The predicted molar refractivity (Wildman–Crippen MR) is 59.9 cm³/mol. The van der Waals surface area contributed by atoms with E-state index in [-0.39, 0.29) is 5.97 Å². The number of hydrogen-bond acceptors (Lipinski definition) is 4. The molecular formula is C11H17NO3. The molecule has 1 rings (SSSR count). The Morgan fingerprint density at radius 3 is 2.20 bits per heavy atom. The maximum absolute atomic E-state index is 10.2. The van der Waals surface area contributed by atoms with Crippen LogP contribution in [0.2, 0.25) is 0 Å². The average molecular weight is 211 g/mol. The summed E-state index contributed by atoms with van der Waals surface area (Å²) >= 11 is 0. The van der Waals surface area contributed by atoms with Crippen LogP contribution in [-0.2, 0) is 14.3 Å². The highest BCUT2D eigenvalue weighted by molar-refractivity contribution is 5.93. The van der Waals surface area contributed by atoms with Gasteiger partial charge in [0.25, 0.3) is 0 Å². The molecule has 0 radical (unpaired) electrons. The molecule has 0 aliphatic carbocycles. The highest BCUT2D eigenvalue weighted by Gasteiger charge is 2.05. The van der Waals surface area contributed by atoms with E-state index < -0.39 is 0 Å². The highest BCUT2D eigenvalue weighted by Crippen LogP contribution is 2.00. The maximum atomic E-state index is 10.2. The van der Waals surface area contributed by atoms with E-state index in [1.807, 2.05) is 6.92 Å². The Labute approximate surface area is 90.3 Å². The zero-order valence-corrected chi connectivity index (χ0v) is 9.50. The molecule has 0 saturated heterocycles. The Kier molecular flexibility index (Phi) is 6.09. The Balaban J connectivity index is 0.000000265. The van der Waals surface area contributed by atoms with E-state index in [1.54, 1.807) is 6.92 Å². The van der Waals surface area contributed by atoms with Crippen molar-refractivity contribution in [2.75, 3.05) is 20.3 Å². The summed E-state index contributed by atoms with van der Waals surface area (Å²) in [4.78, 5) is 14.2. The third-order valence-electron chi connectivity index (χ3n) is 1.48. The van der Waals surface area contributed by atoms with Gasteiger partial charge < -0.3 is 9.47 Å². The monoisotopic (exact) mass is 211 g/mol. The van der Waals surface area contributed by atoms with Crippen LogP contribution < -0.4 is 0 Å². The SMILES string of the molecule is C=C(C)C(=O)OC.C=C(C)C1=NCCO1. The summed E-state index contributed by atoms with van der Waals surface area (Å²) in [5.41, 5.74) is 1.35. The van der Waals surface area contributed by atoms with Crippen molar-refractivity contribution in [2.24, 2.45) is 4.99 Å². The summed E-state index contributed by atoms with van der Waals surface area (Å²) < 4.78 is 9.34. The zero-order chi connectivity index (χ0) is 11.8.